The lowest BCUT2D eigenvalue weighted by Crippen LogP contribution is -2.23. The van der Waals surface area contributed by atoms with Gasteiger partial charge in [-0.2, -0.15) is 0 Å². The molecule has 0 amide bonds. The first-order valence-electron chi connectivity index (χ1n) is 5.56. The highest BCUT2D eigenvalue weighted by Gasteiger charge is 2.26. The number of nitrogens with zero attached hydrogens (tertiary/aromatic N) is 1. The Kier molecular flexibility index (Phi) is 3.96. The van der Waals surface area contributed by atoms with Crippen LogP contribution in [0.3, 0.4) is 0 Å². The fourth-order valence-electron chi connectivity index (χ4n) is 2.10. The third-order valence-corrected chi connectivity index (χ3v) is 2.95. The Morgan fingerprint density at radius 1 is 1.07 bits per heavy atom. The van der Waals surface area contributed by atoms with Gasteiger partial charge in [-0.1, -0.05) is 30.4 Å². The van der Waals surface area contributed by atoms with E-state index in [9.17, 15) is 0 Å². The van der Waals surface area contributed by atoms with E-state index < -0.39 is 0 Å². The molecule has 0 saturated carbocycles. The maximum atomic E-state index is 2.32. The van der Waals surface area contributed by atoms with E-state index >= 15 is 0 Å². The molecule has 1 atom stereocenters. The number of rotatable bonds is 2. The van der Waals surface area contributed by atoms with Gasteiger partial charge in [-0.25, -0.2) is 0 Å². The lowest BCUT2D eigenvalue weighted by atomic mass is 10.0. The Morgan fingerprint density at radius 2 is 1.67 bits per heavy atom. The second-order valence-electron chi connectivity index (χ2n) is 3.83. The van der Waals surface area contributed by atoms with Crippen molar-refractivity contribution >= 4 is 0 Å². The Balaban J connectivity index is 3.27. The molecule has 0 N–H and O–H groups in total. The highest BCUT2D eigenvalue weighted by atomic mass is 15.2. The molecular weight excluding hydrogens is 182 g/mol. The first-order chi connectivity index (χ1) is 7.17. The molecule has 0 aromatic heterocycles. The van der Waals surface area contributed by atoms with Gasteiger partial charge in [-0.3, -0.25) is 0 Å². The van der Waals surface area contributed by atoms with E-state index in [2.05, 4.69) is 70.0 Å². The van der Waals surface area contributed by atoms with Gasteiger partial charge in [0.05, 0.1) is 6.04 Å². The quantitative estimate of drug-likeness (QED) is 0.662. The molecule has 1 heterocycles. The SMILES string of the molecule is C/C=C\C1=C(/C=C\C)C(C)N(C)/C1=C\C. The van der Waals surface area contributed by atoms with E-state index in [1.54, 1.807) is 0 Å². The van der Waals surface area contributed by atoms with E-state index in [1.807, 2.05) is 0 Å². The average Bonchev–Trinajstić information content (AvgIpc) is 2.44. The summed E-state index contributed by atoms with van der Waals surface area (Å²) in [6.07, 6.45) is 10.8. The zero-order valence-electron chi connectivity index (χ0n) is 10.4. The Hall–Kier alpha value is -1.24. The monoisotopic (exact) mass is 203 g/mol. The number of likely N-dealkylation sites (N-methyl/N-ethyl adjacent to an activating group) is 1. The van der Waals surface area contributed by atoms with Gasteiger partial charge in [0, 0.05) is 18.3 Å². The third kappa shape index (κ3) is 2.06. The van der Waals surface area contributed by atoms with Gasteiger partial charge < -0.3 is 4.90 Å². The summed E-state index contributed by atoms with van der Waals surface area (Å²) in [7, 11) is 2.15. The smallest absolute Gasteiger partial charge is 0.0517 e. The Morgan fingerprint density at radius 3 is 2.13 bits per heavy atom. The van der Waals surface area contributed by atoms with E-state index in [-0.39, 0.29) is 0 Å². The fourth-order valence-corrected chi connectivity index (χ4v) is 2.10. The second kappa shape index (κ2) is 5.01. The summed E-state index contributed by atoms with van der Waals surface area (Å²) >= 11 is 0. The lowest BCUT2D eigenvalue weighted by molar-refractivity contribution is 0.395. The van der Waals surface area contributed by atoms with Crippen molar-refractivity contribution in [3.8, 4) is 0 Å². The first kappa shape index (κ1) is 11.8. The van der Waals surface area contributed by atoms with Crippen LogP contribution in [-0.4, -0.2) is 18.0 Å². The van der Waals surface area contributed by atoms with Crippen LogP contribution in [0.25, 0.3) is 0 Å². The molecule has 1 aliphatic heterocycles. The first-order valence-corrected chi connectivity index (χ1v) is 5.56. The largest absolute Gasteiger partial charge is 0.368 e. The van der Waals surface area contributed by atoms with Crippen molar-refractivity contribution < 1.29 is 0 Å². The predicted molar refractivity (Wildman–Crippen MR) is 67.6 cm³/mol. The topological polar surface area (TPSA) is 3.24 Å². The number of hydrogen-bond donors (Lipinski definition) is 0. The molecule has 0 saturated heterocycles. The molecule has 0 radical (unpaired) electrons. The van der Waals surface area contributed by atoms with Crippen LogP contribution in [0.2, 0.25) is 0 Å². The van der Waals surface area contributed by atoms with Crippen LogP contribution >= 0.6 is 0 Å². The van der Waals surface area contributed by atoms with Gasteiger partial charge >= 0.3 is 0 Å². The summed E-state index contributed by atoms with van der Waals surface area (Å²) in [4.78, 5) is 2.32. The molecule has 1 heteroatoms. The highest BCUT2D eigenvalue weighted by molar-refractivity contribution is 5.53. The van der Waals surface area contributed by atoms with Crippen molar-refractivity contribution in [2.45, 2.75) is 33.7 Å². The van der Waals surface area contributed by atoms with Crippen molar-refractivity contribution in [3.05, 3.63) is 47.2 Å². The second-order valence-corrected chi connectivity index (χ2v) is 3.83. The van der Waals surface area contributed by atoms with Gasteiger partial charge in [0.2, 0.25) is 0 Å². The molecular formula is C14H21N. The van der Waals surface area contributed by atoms with Crippen LogP contribution in [0.1, 0.15) is 27.7 Å². The molecule has 1 aliphatic rings. The molecule has 0 aromatic rings. The summed E-state index contributed by atoms with van der Waals surface area (Å²) in [5, 5.41) is 0. The van der Waals surface area contributed by atoms with Gasteiger partial charge in [0.1, 0.15) is 0 Å². The molecule has 15 heavy (non-hydrogen) atoms. The average molecular weight is 203 g/mol. The third-order valence-electron chi connectivity index (χ3n) is 2.95. The molecule has 0 aliphatic carbocycles. The lowest BCUT2D eigenvalue weighted by Gasteiger charge is -2.21. The van der Waals surface area contributed by atoms with Gasteiger partial charge in [-0.15, -0.1) is 0 Å². The molecule has 0 bridgehead atoms. The summed E-state index contributed by atoms with van der Waals surface area (Å²) in [5.41, 5.74) is 4.09. The maximum absolute atomic E-state index is 2.32. The van der Waals surface area contributed by atoms with Gasteiger partial charge in [0.15, 0.2) is 0 Å². The maximum Gasteiger partial charge on any atom is 0.0517 e. The molecule has 82 valence electrons. The number of allylic oxidation sites excluding steroid dienone is 4. The van der Waals surface area contributed by atoms with Gasteiger partial charge in [-0.05, 0) is 33.3 Å². The highest BCUT2D eigenvalue weighted by Crippen LogP contribution is 2.33. The zero-order chi connectivity index (χ0) is 11.4. The summed E-state index contributed by atoms with van der Waals surface area (Å²) < 4.78 is 0. The van der Waals surface area contributed by atoms with Crippen molar-refractivity contribution in [3.63, 3.8) is 0 Å². The molecule has 1 nitrogen and oxygen atoms in total. The normalized spacial score (nSPS) is 25.5. The Labute approximate surface area is 93.5 Å². The number of hydrogen-bond acceptors (Lipinski definition) is 1. The van der Waals surface area contributed by atoms with Crippen LogP contribution in [-0.2, 0) is 0 Å². The van der Waals surface area contributed by atoms with E-state index in [0.717, 1.165) is 0 Å². The molecule has 1 unspecified atom stereocenters. The predicted octanol–water partition coefficient (Wildman–Crippen LogP) is 3.67. The van der Waals surface area contributed by atoms with E-state index in [4.69, 9.17) is 0 Å². The van der Waals surface area contributed by atoms with Gasteiger partial charge in [0.25, 0.3) is 0 Å². The van der Waals surface area contributed by atoms with E-state index in [1.165, 1.54) is 16.8 Å². The van der Waals surface area contributed by atoms with Crippen molar-refractivity contribution in [1.29, 1.82) is 0 Å². The standard InChI is InChI=1S/C14H21N/c1-6-9-12-11(4)15(5)14(8-3)13(12)10-7-2/h6-11H,1-5H3/b9-6-,10-7-,14-8-. The molecule has 0 aromatic carbocycles. The molecule has 0 fully saturated rings. The summed E-state index contributed by atoms with van der Waals surface area (Å²) in [5.74, 6) is 0. The minimum Gasteiger partial charge on any atom is -0.368 e. The summed E-state index contributed by atoms with van der Waals surface area (Å²) in [6, 6.07) is 0.471. The minimum atomic E-state index is 0.471. The van der Waals surface area contributed by atoms with Crippen LogP contribution in [0, 0.1) is 0 Å². The van der Waals surface area contributed by atoms with Crippen molar-refractivity contribution in [1.82, 2.24) is 4.90 Å². The van der Waals surface area contributed by atoms with E-state index in [0.29, 0.717) is 6.04 Å². The van der Waals surface area contributed by atoms with Crippen molar-refractivity contribution in [2.24, 2.45) is 0 Å². The fraction of sp³-hybridized carbons (Fsp3) is 0.429. The van der Waals surface area contributed by atoms with Crippen molar-refractivity contribution in [2.75, 3.05) is 7.05 Å². The molecule has 1 rings (SSSR count). The van der Waals surface area contributed by atoms with Crippen LogP contribution in [0.4, 0.5) is 0 Å². The summed E-state index contributed by atoms with van der Waals surface area (Å²) in [6.45, 7) is 8.48. The Bertz CT molecular complexity index is 342. The van der Waals surface area contributed by atoms with Crippen LogP contribution in [0.5, 0.6) is 0 Å². The molecule has 0 spiro atoms. The minimum absolute atomic E-state index is 0.471. The van der Waals surface area contributed by atoms with Crippen LogP contribution < -0.4 is 0 Å². The van der Waals surface area contributed by atoms with Crippen LogP contribution in [0.15, 0.2) is 47.2 Å². The zero-order valence-corrected chi connectivity index (χ0v) is 10.4.